The molecule has 0 unspecified atom stereocenters. The summed E-state index contributed by atoms with van der Waals surface area (Å²) in [6.45, 7) is 4.29. The molecule has 0 aliphatic heterocycles. The third kappa shape index (κ3) is 4.26. The van der Waals surface area contributed by atoms with E-state index in [1.807, 2.05) is 30.5 Å². The number of hydrogen-bond donors (Lipinski definition) is 1. The number of nitrogens with zero attached hydrogens (tertiary/aromatic N) is 2. The largest absolute Gasteiger partial charge is 0.492 e. The van der Waals surface area contributed by atoms with Crippen LogP contribution >= 0.6 is 11.3 Å². The van der Waals surface area contributed by atoms with Gasteiger partial charge in [-0.1, -0.05) is 42.0 Å². The highest BCUT2D eigenvalue weighted by Crippen LogP contribution is 2.37. The second-order valence-corrected chi connectivity index (χ2v) is 7.50. The molecule has 4 aromatic rings. The van der Waals surface area contributed by atoms with Gasteiger partial charge in [0, 0.05) is 10.9 Å². The van der Waals surface area contributed by atoms with Crippen molar-refractivity contribution in [2.24, 2.45) is 0 Å². The lowest BCUT2D eigenvalue weighted by molar-refractivity contribution is -0.118. The van der Waals surface area contributed by atoms with Crippen LogP contribution in [0.15, 0.2) is 60.2 Å². The summed E-state index contributed by atoms with van der Waals surface area (Å²) in [6.07, 6.45) is 1.45. The average Bonchev–Trinajstić information content (AvgIpc) is 3.19. The maximum absolute atomic E-state index is 12.5. The zero-order valence-electron chi connectivity index (χ0n) is 16.7. The highest BCUT2D eigenvalue weighted by Gasteiger charge is 2.16. The van der Waals surface area contributed by atoms with E-state index in [-0.39, 0.29) is 12.5 Å². The zero-order chi connectivity index (χ0) is 20.9. The maximum atomic E-state index is 12.5. The molecule has 7 heteroatoms. The van der Waals surface area contributed by atoms with Gasteiger partial charge in [0.05, 0.1) is 17.7 Å². The van der Waals surface area contributed by atoms with Crippen LogP contribution in [-0.4, -0.2) is 29.1 Å². The first-order valence-electron chi connectivity index (χ1n) is 9.59. The monoisotopic (exact) mass is 419 g/mol. The Balaban J connectivity index is 1.54. The van der Waals surface area contributed by atoms with Crippen LogP contribution in [0.5, 0.6) is 11.6 Å². The molecule has 0 aliphatic rings. The van der Waals surface area contributed by atoms with Crippen LogP contribution in [0.3, 0.4) is 0 Å². The van der Waals surface area contributed by atoms with Gasteiger partial charge in [-0.05, 0) is 31.5 Å². The normalized spacial score (nSPS) is 10.7. The Morgan fingerprint density at radius 3 is 2.67 bits per heavy atom. The van der Waals surface area contributed by atoms with E-state index in [9.17, 15) is 4.79 Å². The molecular weight excluding hydrogens is 398 g/mol. The first-order valence-corrected chi connectivity index (χ1v) is 10.5. The van der Waals surface area contributed by atoms with Gasteiger partial charge in [0.1, 0.15) is 16.9 Å². The van der Waals surface area contributed by atoms with Crippen LogP contribution < -0.4 is 14.8 Å². The Morgan fingerprint density at radius 2 is 1.87 bits per heavy atom. The Bertz CT molecular complexity index is 1170. The zero-order valence-corrected chi connectivity index (χ0v) is 17.5. The van der Waals surface area contributed by atoms with Crippen LogP contribution in [-0.2, 0) is 4.79 Å². The predicted molar refractivity (Wildman–Crippen MR) is 119 cm³/mol. The predicted octanol–water partition coefficient (Wildman–Crippen LogP) is 5.08. The van der Waals surface area contributed by atoms with E-state index >= 15 is 0 Å². The molecule has 1 N–H and O–H groups in total. The van der Waals surface area contributed by atoms with Gasteiger partial charge in [0.15, 0.2) is 6.61 Å². The van der Waals surface area contributed by atoms with E-state index < -0.39 is 0 Å². The van der Waals surface area contributed by atoms with Gasteiger partial charge >= 0.3 is 0 Å². The third-order valence-electron chi connectivity index (χ3n) is 4.50. The number of anilines is 1. The summed E-state index contributed by atoms with van der Waals surface area (Å²) >= 11 is 1.52. The molecule has 0 aliphatic carbocycles. The van der Waals surface area contributed by atoms with Crippen molar-refractivity contribution >= 4 is 33.1 Å². The van der Waals surface area contributed by atoms with E-state index in [4.69, 9.17) is 9.47 Å². The lowest BCUT2D eigenvalue weighted by atomic mass is 10.0. The number of carbonyl (C=O) groups is 1. The molecule has 0 saturated carbocycles. The minimum Gasteiger partial charge on any atom is -0.492 e. The number of aromatic nitrogens is 2. The Hall–Kier alpha value is -3.45. The number of hydrogen-bond acceptors (Lipinski definition) is 6. The number of thiophene rings is 1. The first-order chi connectivity index (χ1) is 14.7. The van der Waals surface area contributed by atoms with Gasteiger partial charge in [0.2, 0.25) is 5.88 Å². The number of aryl methyl sites for hydroxylation is 1. The Morgan fingerprint density at radius 1 is 1.07 bits per heavy atom. The minimum absolute atomic E-state index is 0.171. The van der Waals surface area contributed by atoms with Gasteiger partial charge in [-0.3, -0.25) is 4.79 Å². The fourth-order valence-corrected chi connectivity index (χ4v) is 3.98. The minimum atomic E-state index is -0.291. The Labute approximate surface area is 178 Å². The summed E-state index contributed by atoms with van der Waals surface area (Å²) in [7, 11) is 0. The van der Waals surface area contributed by atoms with Crippen molar-refractivity contribution in [2.45, 2.75) is 13.8 Å². The summed E-state index contributed by atoms with van der Waals surface area (Å²) in [5.74, 6) is 0.725. The number of ether oxygens (including phenoxy) is 2. The molecule has 0 atom stereocenters. The molecule has 2 aromatic heterocycles. The topological polar surface area (TPSA) is 73.3 Å². The van der Waals surface area contributed by atoms with Crippen molar-refractivity contribution in [1.82, 2.24) is 9.97 Å². The molecule has 0 spiro atoms. The van der Waals surface area contributed by atoms with Gasteiger partial charge < -0.3 is 14.8 Å². The third-order valence-corrected chi connectivity index (χ3v) is 5.39. The number of fused-ring (bicyclic) bond motifs is 1. The van der Waals surface area contributed by atoms with Crippen LogP contribution in [0.1, 0.15) is 12.5 Å². The van der Waals surface area contributed by atoms with Crippen molar-refractivity contribution in [3.63, 3.8) is 0 Å². The van der Waals surface area contributed by atoms with Gasteiger partial charge in [0.25, 0.3) is 5.91 Å². The number of benzene rings is 2. The van der Waals surface area contributed by atoms with E-state index in [1.54, 1.807) is 6.07 Å². The highest BCUT2D eigenvalue weighted by atomic mass is 32.1. The van der Waals surface area contributed by atoms with Gasteiger partial charge in [-0.25, -0.2) is 9.97 Å². The number of nitrogens with one attached hydrogen (secondary N) is 1. The smallest absolute Gasteiger partial charge is 0.262 e. The molecule has 6 nitrogen and oxygen atoms in total. The second-order valence-electron chi connectivity index (χ2n) is 6.64. The molecule has 0 radical (unpaired) electrons. The number of amides is 1. The van der Waals surface area contributed by atoms with Crippen LogP contribution in [0.25, 0.3) is 21.3 Å². The fourth-order valence-electron chi connectivity index (χ4n) is 3.07. The molecule has 1 amide bonds. The van der Waals surface area contributed by atoms with Crippen molar-refractivity contribution in [3.05, 3.63) is 65.8 Å². The number of para-hydroxylation sites is 2. The molecule has 2 heterocycles. The fraction of sp³-hybridized carbons (Fsp3) is 0.174. The number of carbonyl (C=O) groups excluding carboxylic acids is 1. The quantitative estimate of drug-likeness (QED) is 0.452. The van der Waals surface area contributed by atoms with Gasteiger partial charge in [-0.15, -0.1) is 11.3 Å². The molecule has 152 valence electrons. The maximum Gasteiger partial charge on any atom is 0.262 e. The summed E-state index contributed by atoms with van der Waals surface area (Å²) in [6, 6.07) is 15.5. The average molecular weight is 420 g/mol. The summed E-state index contributed by atoms with van der Waals surface area (Å²) in [5, 5.41) is 5.68. The lowest BCUT2D eigenvalue weighted by Gasteiger charge is -2.12. The number of rotatable bonds is 7. The van der Waals surface area contributed by atoms with E-state index in [1.165, 1.54) is 23.2 Å². The summed E-state index contributed by atoms with van der Waals surface area (Å²) in [4.78, 5) is 21.9. The van der Waals surface area contributed by atoms with Crippen molar-refractivity contribution in [3.8, 4) is 22.8 Å². The van der Waals surface area contributed by atoms with Gasteiger partial charge in [-0.2, -0.15) is 0 Å². The first kappa shape index (κ1) is 19.8. The van der Waals surface area contributed by atoms with Crippen LogP contribution in [0, 0.1) is 6.92 Å². The van der Waals surface area contributed by atoms with Crippen LogP contribution in [0.2, 0.25) is 0 Å². The molecule has 4 rings (SSSR count). The molecule has 0 saturated heterocycles. The molecule has 0 bridgehead atoms. The standard InChI is InChI=1S/C23H21N3O3S/c1-3-28-19-7-5-4-6-18(19)26-20(27)12-29-22-21-17(13-30-23(21)25-14-24-22)16-10-8-15(2)9-11-16/h4-11,13-14H,3,12H2,1-2H3,(H,26,27). The lowest BCUT2D eigenvalue weighted by Crippen LogP contribution is -2.21. The SMILES string of the molecule is CCOc1ccccc1NC(=O)COc1ncnc2scc(-c3ccc(C)cc3)c12. The summed E-state index contributed by atoms with van der Waals surface area (Å²) < 4.78 is 11.3. The van der Waals surface area contributed by atoms with Crippen LogP contribution in [0.4, 0.5) is 5.69 Å². The van der Waals surface area contributed by atoms with Crippen molar-refractivity contribution in [2.75, 3.05) is 18.5 Å². The van der Waals surface area contributed by atoms with Crippen molar-refractivity contribution < 1.29 is 14.3 Å². The second kappa shape index (κ2) is 8.92. The molecule has 30 heavy (non-hydrogen) atoms. The van der Waals surface area contributed by atoms with E-state index in [0.717, 1.165) is 21.3 Å². The van der Waals surface area contributed by atoms with E-state index in [2.05, 4.69) is 46.5 Å². The molecule has 0 fully saturated rings. The Kier molecular flexibility index (Phi) is 5.90. The summed E-state index contributed by atoms with van der Waals surface area (Å²) in [5.41, 5.74) is 3.85. The molecular formula is C23H21N3O3S. The van der Waals surface area contributed by atoms with E-state index in [0.29, 0.717) is 23.9 Å². The van der Waals surface area contributed by atoms with Crippen molar-refractivity contribution in [1.29, 1.82) is 0 Å². The molecule has 2 aromatic carbocycles. The highest BCUT2D eigenvalue weighted by molar-refractivity contribution is 7.17.